The predicted octanol–water partition coefficient (Wildman–Crippen LogP) is 7.50. The van der Waals surface area contributed by atoms with Crippen LogP contribution in [0, 0.1) is 5.92 Å². The van der Waals surface area contributed by atoms with Gasteiger partial charge in [0.05, 0.1) is 18.8 Å². The van der Waals surface area contributed by atoms with Crippen molar-refractivity contribution in [2.45, 2.75) is 76.6 Å². The zero-order valence-corrected chi connectivity index (χ0v) is 30.1. The van der Waals surface area contributed by atoms with E-state index in [9.17, 15) is 27.9 Å². The molecule has 0 radical (unpaired) electrons. The van der Waals surface area contributed by atoms with E-state index < -0.39 is 30.3 Å². The molecule has 2 fully saturated rings. The van der Waals surface area contributed by atoms with Gasteiger partial charge in [-0.3, -0.25) is 14.5 Å². The molecule has 2 amide bonds. The molecule has 2 aliphatic heterocycles. The van der Waals surface area contributed by atoms with E-state index >= 15 is 0 Å². The van der Waals surface area contributed by atoms with E-state index in [0.29, 0.717) is 17.9 Å². The summed E-state index contributed by atoms with van der Waals surface area (Å²) >= 11 is 0. The summed E-state index contributed by atoms with van der Waals surface area (Å²) in [5, 5.41) is 12.3. The first-order chi connectivity index (χ1) is 25.4. The minimum absolute atomic E-state index is 0.0287. The number of hydrogen-bond donors (Lipinski definition) is 2. The van der Waals surface area contributed by atoms with Crippen LogP contribution in [0.4, 0.5) is 13.2 Å². The number of amides is 2. The zero-order valence-electron chi connectivity index (χ0n) is 30.1. The Morgan fingerprint density at radius 1 is 0.906 bits per heavy atom. The van der Waals surface area contributed by atoms with Crippen LogP contribution in [0.15, 0.2) is 103 Å². The van der Waals surface area contributed by atoms with E-state index in [0.717, 1.165) is 33.4 Å². The number of aliphatic hydroxyl groups excluding tert-OH is 1. The monoisotopic (exact) mass is 729 g/mol. The Morgan fingerprint density at radius 3 is 2.28 bits per heavy atom. The number of alkyl halides is 3. The molecule has 2 N–H and O–H groups in total. The van der Waals surface area contributed by atoms with Crippen LogP contribution in [0.3, 0.4) is 0 Å². The quantitative estimate of drug-likeness (QED) is 0.166. The number of carbonyl (C=O) groups excluding carboxylic acids is 2. The van der Waals surface area contributed by atoms with Crippen LogP contribution in [0.5, 0.6) is 0 Å². The molecule has 2 saturated heterocycles. The Hall–Kier alpha value is -4.55. The molecule has 0 spiro atoms. The van der Waals surface area contributed by atoms with Crippen LogP contribution in [0.25, 0.3) is 11.1 Å². The molecule has 2 aliphatic rings. The lowest BCUT2D eigenvalue weighted by molar-refractivity contribution is -0.276. The molecule has 6 rings (SSSR count). The number of carbonyl (C=O) groups is 2. The van der Waals surface area contributed by atoms with Gasteiger partial charge in [0.15, 0.2) is 6.29 Å². The Morgan fingerprint density at radius 2 is 1.60 bits per heavy atom. The fraction of sp³-hybridized carbons (Fsp3) is 0.381. The molecule has 53 heavy (non-hydrogen) atoms. The molecule has 4 aromatic carbocycles. The fourth-order valence-corrected chi connectivity index (χ4v) is 7.20. The zero-order chi connectivity index (χ0) is 37.7. The smallest absolute Gasteiger partial charge is 0.392 e. The molecule has 6 unspecified atom stereocenters. The highest BCUT2D eigenvalue weighted by Gasteiger charge is 2.47. The summed E-state index contributed by atoms with van der Waals surface area (Å²) in [5.74, 6) is -2.55. The lowest BCUT2D eigenvalue weighted by Crippen LogP contribution is -2.50. The Balaban J connectivity index is 1.16. The molecule has 0 aliphatic carbocycles. The minimum Gasteiger partial charge on any atom is -0.392 e. The molecule has 4 aromatic rings. The van der Waals surface area contributed by atoms with E-state index in [2.05, 4.69) is 43.2 Å². The molecule has 0 bridgehead atoms. The number of benzene rings is 4. The summed E-state index contributed by atoms with van der Waals surface area (Å²) in [6.45, 7) is 5.00. The molecular weight excluding hydrogens is 683 g/mol. The second-order valence-corrected chi connectivity index (χ2v) is 14.0. The number of likely N-dealkylation sites (tertiary alicyclic amines) is 1. The molecule has 280 valence electrons. The number of hydrogen-bond acceptors (Lipinski definition) is 6. The van der Waals surface area contributed by atoms with E-state index in [1.54, 1.807) is 0 Å². The minimum atomic E-state index is -5.02. The van der Waals surface area contributed by atoms with Crippen molar-refractivity contribution in [1.82, 2.24) is 15.1 Å². The van der Waals surface area contributed by atoms with Gasteiger partial charge in [0.25, 0.3) is 0 Å². The topological polar surface area (TPSA) is 91.3 Å². The van der Waals surface area contributed by atoms with Gasteiger partial charge in [0, 0.05) is 37.2 Å². The summed E-state index contributed by atoms with van der Waals surface area (Å²) < 4.78 is 52.5. The van der Waals surface area contributed by atoms with E-state index in [1.807, 2.05) is 91.0 Å². The summed E-state index contributed by atoms with van der Waals surface area (Å²) in [5.41, 5.74) is 6.52. The highest BCUT2D eigenvalue weighted by molar-refractivity contribution is 5.90. The molecule has 8 nitrogen and oxygen atoms in total. The van der Waals surface area contributed by atoms with Crippen molar-refractivity contribution in [3.05, 3.63) is 131 Å². The van der Waals surface area contributed by atoms with Crippen molar-refractivity contribution < 1.29 is 37.3 Å². The summed E-state index contributed by atoms with van der Waals surface area (Å²) in [6.07, 6.45) is -5.52. The second kappa shape index (κ2) is 16.6. The number of rotatable bonds is 11. The van der Waals surface area contributed by atoms with Crippen molar-refractivity contribution in [1.29, 1.82) is 0 Å². The summed E-state index contributed by atoms with van der Waals surface area (Å²) in [7, 11) is 2.11. The lowest BCUT2D eigenvalue weighted by Gasteiger charge is -2.43. The molecule has 2 heterocycles. The van der Waals surface area contributed by atoms with Gasteiger partial charge in [-0.15, -0.1) is 0 Å². The maximum Gasteiger partial charge on any atom is 0.471 e. The number of ether oxygens (including phenoxy) is 2. The van der Waals surface area contributed by atoms with Gasteiger partial charge < -0.3 is 24.8 Å². The van der Waals surface area contributed by atoms with Gasteiger partial charge in [0.1, 0.15) is 6.04 Å². The standard InChI is InChI=1S/C42H46F3N3O5/c1-27-37(25-47(3)28(2)31-10-5-4-6-11-31)52-40(53-38(27)33-16-14-29(26-49)15-17-33)34-20-18-32(19-21-34)35-12-7-9-30(23-35)24-46-39(50)36-13-8-22-48(36)41(51)42(43,44)45/h4-7,9-12,14-21,23,27-28,36-38,40,49H,8,13,22,24-26H2,1-3H3,(H,46,50). The second-order valence-electron chi connectivity index (χ2n) is 14.0. The van der Waals surface area contributed by atoms with Crippen LogP contribution in [0.2, 0.25) is 0 Å². The van der Waals surface area contributed by atoms with Gasteiger partial charge in [-0.1, -0.05) is 104 Å². The van der Waals surface area contributed by atoms with Gasteiger partial charge in [-0.2, -0.15) is 13.2 Å². The Kier molecular flexibility index (Phi) is 12.0. The third-order valence-corrected chi connectivity index (χ3v) is 10.5. The van der Waals surface area contributed by atoms with Crippen LogP contribution >= 0.6 is 0 Å². The van der Waals surface area contributed by atoms with Crippen molar-refractivity contribution in [2.75, 3.05) is 20.1 Å². The van der Waals surface area contributed by atoms with Crippen molar-refractivity contribution in [3.63, 3.8) is 0 Å². The average Bonchev–Trinajstić information content (AvgIpc) is 3.67. The van der Waals surface area contributed by atoms with Crippen molar-refractivity contribution in [3.8, 4) is 11.1 Å². The number of nitrogens with zero attached hydrogens (tertiary/aromatic N) is 2. The van der Waals surface area contributed by atoms with Gasteiger partial charge in [0.2, 0.25) is 5.91 Å². The molecule has 0 saturated carbocycles. The first-order valence-electron chi connectivity index (χ1n) is 18.0. The summed E-state index contributed by atoms with van der Waals surface area (Å²) in [4.78, 5) is 27.6. The summed E-state index contributed by atoms with van der Waals surface area (Å²) in [6, 6.07) is 32.8. The van der Waals surface area contributed by atoms with Gasteiger partial charge in [-0.25, -0.2) is 0 Å². The van der Waals surface area contributed by atoms with E-state index in [4.69, 9.17) is 9.47 Å². The predicted molar refractivity (Wildman–Crippen MR) is 195 cm³/mol. The molecule has 11 heteroatoms. The highest BCUT2D eigenvalue weighted by Crippen LogP contribution is 2.42. The maximum absolute atomic E-state index is 13.0. The Labute approximate surface area is 308 Å². The molecular formula is C42H46F3N3O5. The fourth-order valence-electron chi connectivity index (χ4n) is 7.20. The van der Waals surface area contributed by atoms with Gasteiger partial charge >= 0.3 is 12.1 Å². The number of halogens is 3. The largest absolute Gasteiger partial charge is 0.471 e. The third-order valence-electron chi connectivity index (χ3n) is 10.5. The van der Waals surface area contributed by atoms with E-state index in [1.165, 1.54) is 5.56 Å². The van der Waals surface area contributed by atoms with Crippen LogP contribution in [0.1, 0.15) is 72.9 Å². The van der Waals surface area contributed by atoms with Crippen LogP contribution < -0.4 is 5.32 Å². The van der Waals surface area contributed by atoms with Crippen molar-refractivity contribution >= 4 is 11.8 Å². The normalized spacial score (nSPS) is 22.5. The Bertz CT molecular complexity index is 1840. The first kappa shape index (κ1) is 38.2. The number of nitrogens with one attached hydrogen (secondary N) is 1. The van der Waals surface area contributed by atoms with Crippen LogP contribution in [-0.2, 0) is 32.2 Å². The molecule has 0 aromatic heterocycles. The first-order valence-corrected chi connectivity index (χ1v) is 18.0. The van der Waals surface area contributed by atoms with Crippen molar-refractivity contribution in [2.24, 2.45) is 5.92 Å². The number of likely N-dealkylation sites (N-methyl/N-ethyl adjacent to an activating group) is 1. The lowest BCUT2D eigenvalue weighted by atomic mass is 9.89. The van der Waals surface area contributed by atoms with Crippen LogP contribution in [-0.4, -0.2) is 65.2 Å². The number of aliphatic hydroxyl groups is 1. The average molecular weight is 730 g/mol. The maximum atomic E-state index is 13.0. The van der Waals surface area contributed by atoms with Gasteiger partial charge in [-0.05, 0) is 66.3 Å². The van der Waals surface area contributed by atoms with E-state index in [-0.39, 0.29) is 50.3 Å². The third kappa shape index (κ3) is 8.98. The SMILES string of the molecule is CC1C(CN(C)C(C)c2ccccc2)OC(c2ccc(-c3cccc(CNC(=O)C4CCCN4C(=O)C(F)(F)F)c3)cc2)OC1c1ccc(CO)cc1. The molecule has 6 atom stereocenters. The highest BCUT2D eigenvalue weighted by atomic mass is 19.4.